The van der Waals surface area contributed by atoms with E-state index in [0.717, 1.165) is 0 Å². The highest BCUT2D eigenvalue weighted by Gasteiger charge is 2.37. The van der Waals surface area contributed by atoms with Crippen LogP contribution in [0.4, 0.5) is 8.78 Å². The summed E-state index contributed by atoms with van der Waals surface area (Å²) in [4.78, 5) is 11.0. The second-order valence-corrected chi connectivity index (χ2v) is 4.08. The van der Waals surface area contributed by atoms with E-state index in [1.54, 1.807) is 6.07 Å². The van der Waals surface area contributed by atoms with Gasteiger partial charge in [0.25, 0.3) is 5.92 Å². The molecule has 2 rings (SSSR count). The standard InChI is InChI=1S/C11H10F2N2O2/c12-11(13)2-1-7-5-8(10(16)17)15(4-3-14)9(7)6-11/h5H,1-2,4,6H2,(H,16,17). The molecule has 1 N–H and O–H groups in total. The SMILES string of the molecule is N#CCn1c(C(=O)O)cc2c1CC(F)(F)CC2. The fourth-order valence-electron chi connectivity index (χ4n) is 2.15. The molecule has 1 aromatic rings. The van der Waals surface area contributed by atoms with Gasteiger partial charge in [0.05, 0.1) is 12.5 Å². The molecule has 6 heteroatoms. The molecule has 90 valence electrons. The zero-order valence-corrected chi connectivity index (χ0v) is 8.91. The van der Waals surface area contributed by atoms with Crippen LogP contribution >= 0.6 is 0 Å². The van der Waals surface area contributed by atoms with E-state index in [1.165, 1.54) is 10.6 Å². The Labute approximate surface area is 96.1 Å². The number of carboxylic acids is 1. The van der Waals surface area contributed by atoms with Crippen LogP contribution in [0, 0.1) is 11.3 Å². The highest BCUT2D eigenvalue weighted by molar-refractivity contribution is 5.86. The number of nitriles is 1. The van der Waals surface area contributed by atoms with Gasteiger partial charge in [0.1, 0.15) is 12.2 Å². The molecule has 0 spiro atoms. The minimum absolute atomic E-state index is 0.0887. The molecule has 0 saturated carbocycles. The van der Waals surface area contributed by atoms with Gasteiger partial charge in [0, 0.05) is 12.1 Å². The third-order valence-corrected chi connectivity index (χ3v) is 2.93. The maximum absolute atomic E-state index is 13.3. The van der Waals surface area contributed by atoms with Crippen molar-refractivity contribution in [2.75, 3.05) is 0 Å². The minimum Gasteiger partial charge on any atom is -0.477 e. The molecule has 0 fully saturated rings. The van der Waals surface area contributed by atoms with E-state index < -0.39 is 18.3 Å². The first-order chi connectivity index (χ1) is 7.94. The van der Waals surface area contributed by atoms with Gasteiger partial charge in [0.15, 0.2) is 0 Å². The second-order valence-electron chi connectivity index (χ2n) is 4.08. The number of halogens is 2. The highest BCUT2D eigenvalue weighted by atomic mass is 19.3. The second kappa shape index (κ2) is 3.84. The normalized spacial score (nSPS) is 17.2. The lowest BCUT2D eigenvalue weighted by molar-refractivity contribution is -0.0140. The molecule has 1 aromatic heterocycles. The van der Waals surface area contributed by atoms with Gasteiger partial charge in [-0.05, 0) is 18.1 Å². The van der Waals surface area contributed by atoms with Crippen molar-refractivity contribution in [3.05, 3.63) is 23.0 Å². The fourth-order valence-corrected chi connectivity index (χ4v) is 2.15. The number of aromatic nitrogens is 1. The van der Waals surface area contributed by atoms with Crippen LogP contribution in [0.3, 0.4) is 0 Å². The van der Waals surface area contributed by atoms with E-state index in [0.29, 0.717) is 5.56 Å². The summed E-state index contributed by atoms with van der Waals surface area (Å²) in [6, 6.07) is 3.19. The lowest BCUT2D eigenvalue weighted by atomic mass is 9.94. The Morgan fingerprint density at radius 2 is 2.35 bits per heavy atom. The van der Waals surface area contributed by atoms with Crippen LogP contribution in [0.1, 0.15) is 28.2 Å². The molecular weight excluding hydrogens is 230 g/mol. The molecule has 0 aliphatic heterocycles. The fraction of sp³-hybridized carbons (Fsp3) is 0.455. The van der Waals surface area contributed by atoms with Crippen molar-refractivity contribution in [1.29, 1.82) is 5.26 Å². The summed E-state index contributed by atoms with van der Waals surface area (Å²) in [5, 5.41) is 17.6. The van der Waals surface area contributed by atoms with Crippen molar-refractivity contribution in [2.45, 2.75) is 31.7 Å². The van der Waals surface area contributed by atoms with E-state index in [1.807, 2.05) is 0 Å². The van der Waals surface area contributed by atoms with Gasteiger partial charge in [-0.25, -0.2) is 13.6 Å². The number of fused-ring (bicyclic) bond motifs is 1. The summed E-state index contributed by atoms with van der Waals surface area (Å²) < 4.78 is 27.7. The molecule has 0 amide bonds. The van der Waals surface area contributed by atoms with Crippen LogP contribution in [-0.2, 0) is 19.4 Å². The average molecular weight is 240 g/mol. The topological polar surface area (TPSA) is 66.0 Å². The minimum atomic E-state index is -2.81. The van der Waals surface area contributed by atoms with Gasteiger partial charge in [-0.2, -0.15) is 5.26 Å². The molecule has 0 bridgehead atoms. The van der Waals surface area contributed by atoms with Crippen molar-refractivity contribution in [2.24, 2.45) is 0 Å². The van der Waals surface area contributed by atoms with E-state index in [2.05, 4.69) is 0 Å². The maximum Gasteiger partial charge on any atom is 0.352 e. The van der Waals surface area contributed by atoms with Crippen molar-refractivity contribution in [3.63, 3.8) is 0 Å². The molecule has 0 aromatic carbocycles. The van der Waals surface area contributed by atoms with Gasteiger partial charge in [-0.15, -0.1) is 0 Å². The Morgan fingerprint density at radius 3 is 2.94 bits per heavy atom. The average Bonchev–Trinajstić information content (AvgIpc) is 2.56. The van der Waals surface area contributed by atoms with E-state index in [-0.39, 0.29) is 30.8 Å². The quantitative estimate of drug-likeness (QED) is 0.857. The molecule has 0 atom stereocenters. The first-order valence-corrected chi connectivity index (χ1v) is 5.14. The largest absolute Gasteiger partial charge is 0.477 e. The van der Waals surface area contributed by atoms with Crippen LogP contribution < -0.4 is 0 Å². The van der Waals surface area contributed by atoms with Crippen LogP contribution in [0.15, 0.2) is 6.07 Å². The molecule has 4 nitrogen and oxygen atoms in total. The summed E-state index contributed by atoms with van der Waals surface area (Å²) >= 11 is 0. The molecule has 0 unspecified atom stereocenters. The summed E-state index contributed by atoms with van der Waals surface area (Å²) in [6.07, 6.45) is -0.603. The van der Waals surface area contributed by atoms with Crippen LogP contribution in [0.25, 0.3) is 0 Å². The molecule has 17 heavy (non-hydrogen) atoms. The highest BCUT2D eigenvalue weighted by Crippen LogP contribution is 2.34. The Morgan fingerprint density at radius 1 is 1.65 bits per heavy atom. The summed E-state index contributed by atoms with van der Waals surface area (Å²) in [7, 11) is 0. The maximum atomic E-state index is 13.3. The third kappa shape index (κ3) is 2.00. The summed E-state index contributed by atoms with van der Waals surface area (Å²) in [5.41, 5.74) is 0.804. The lowest BCUT2D eigenvalue weighted by Crippen LogP contribution is -2.27. The molecular formula is C11H10F2N2O2. The number of carboxylic acid groups (broad SMARTS) is 1. The molecule has 1 aliphatic rings. The Hall–Kier alpha value is -1.90. The smallest absolute Gasteiger partial charge is 0.352 e. The van der Waals surface area contributed by atoms with E-state index in [4.69, 9.17) is 10.4 Å². The number of aromatic carboxylic acids is 1. The number of rotatable bonds is 2. The summed E-state index contributed by atoms with van der Waals surface area (Å²) in [6.45, 7) is -0.215. The number of alkyl halides is 2. The number of hydrogen-bond donors (Lipinski definition) is 1. The first-order valence-electron chi connectivity index (χ1n) is 5.14. The number of carbonyl (C=O) groups is 1. The summed E-state index contributed by atoms with van der Waals surface area (Å²) in [5.74, 6) is -4.01. The Balaban J connectivity index is 2.52. The predicted molar refractivity (Wildman–Crippen MR) is 54.0 cm³/mol. The van der Waals surface area contributed by atoms with Crippen LogP contribution in [0.2, 0.25) is 0 Å². The molecule has 1 heterocycles. The van der Waals surface area contributed by atoms with Gasteiger partial charge in [-0.3, -0.25) is 0 Å². The zero-order valence-electron chi connectivity index (χ0n) is 8.91. The van der Waals surface area contributed by atoms with Gasteiger partial charge >= 0.3 is 5.97 Å². The third-order valence-electron chi connectivity index (χ3n) is 2.93. The molecule has 0 radical (unpaired) electrons. The van der Waals surface area contributed by atoms with Crippen molar-refractivity contribution in [1.82, 2.24) is 4.57 Å². The number of hydrogen-bond acceptors (Lipinski definition) is 2. The van der Waals surface area contributed by atoms with Gasteiger partial charge in [-0.1, -0.05) is 0 Å². The van der Waals surface area contributed by atoms with Crippen LogP contribution in [-0.4, -0.2) is 21.6 Å². The Bertz CT molecular complexity index is 514. The van der Waals surface area contributed by atoms with Crippen molar-refractivity contribution < 1.29 is 18.7 Å². The van der Waals surface area contributed by atoms with Gasteiger partial charge in [0.2, 0.25) is 0 Å². The van der Waals surface area contributed by atoms with Crippen LogP contribution in [0.5, 0.6) is 0 Å². The van der Waals surface area contributed by atoms with E-state index >= 15 is 0 Å². The van der Waals surface area contributed by atoms with Gasteiger partial charge < -0.3 is 9.67 Å². The zero-order chi connectivity index (χ0) is 12.6. The Kier molecular flexibility index (Phi) is 2.62. The lowest BCUT2D eigenvalue weighted by Gasteiger charge is -2.23. The van der Waals surface area contributed by atoms with Crippen molar-refractivity contribution in [3.8, 4) is 6.07 Å². The number of aryl methyl sites for hydroxylation is 1. The van der Waals surface area contributed by atoms with Crippen molar-refractivity contribution >= 4 is 5.97 Å². The first kappa shape index (κ1) is 11.6. The monoisotopic (exact) mass is 240 g/mol. The number of nitrogens with zero attached hydrogens (tertiary/aromatic N) is 2. The van der Waals surface area contributed by atoms with E-state index in [9.17, 15) is 13.6 Å². The predicted octanol–water partition coefficient (Wildman–Crippen LogP) is 1.83. The molecule has 1 aliphatic carbocycles. The molecule has 0 saturated heterocycles.